The zero-order valence-electron chi connectivity index (χ0n) is 11.5. The molecule has 0 bridgehead atoms. The zero-order valence-corrected chi connectivity index (χ0v) is 11.5. The van der Waals surface area contributed by atoms with Crippen molar-refractivity contribution in [2.24, 2.45) is 0 Å². The van der Waals surface area contributed by atoms with Gasteiger partial charge in [-0.2, -0.15) is 0 Å². The van der Waals surface area contributed by atoms with Crippen LogP contribution in [0.5, 0.6) is 5.75 Å². The lowest BCUT2D eigenvalue weighted by Crippen LogP contribution is -2.20. The van der Waals surface area contributed by atoms with Crippen LogP contribution in [0.2, 0.25) is 0 Å². The number of anilines is 1. The Morgan fingerprint density at radius 1 is 1.29 bits per heavy atom. The van der Waals surface area contributed by atoms with Gasteiger partial charge in [0.05, 0.1) is 13.0 Å². The number of ether oxygens (including phenoxy) is 1. The first-order valence-corrected chi connectivity index (χ1v) is 6.47. The number of hydrogen-bond donors (Lipinski definition) is 2. The summed E-state index contributed by atoms with van der Waals surface area (Å²) in [6.07, 6.45) is 0. The maximum absolute atomic E-state index is 13.6. The SMILES string of the molecule is COc1ccc(NCC(C(=O)O)c2ccccc2)cc1F. The molecule has 5 heteroatoms. The minimum absolute atomic E-state index is 0.151. The van der Waals surface area contributed by atoms with Gasteiger partial charge in [-0.15, -0.1) is 0 Å². The highest BCUT2D eigenvalue weighted by Crippen LogP contribution is 2.22. The van der Waals surface area contributed by atoms with Crippen LogP contribution >= 0.6 is 0 Å². The molecule has 1 atom stereocenters. The van der Waals surface area contributed by atoms with Crippen molar-refractivity contribution in [2.75, 3.05) is 19.0 Å². The quantitative estimate of drug-likeness (QED) is 0.858. The number of rotatable bonds is 6. The Hall–Kier alpha value is -2.56. The number of hydrogen-bond acceptors (Lipinski definition) is 3. The topological polar surface area (TPSA) is 58.6 Å². The van der Waals surface area contributed by atoms with E-state index in [1.54, 1.807) is 30.3 Å². The first-order valence-electron chi connectivity index (χ1n) is 6.47. The molecule has 0 aromatic heterocycles. The Balaban J connectivity index is 2.09. The monoisotopic (exact) mass is 289 g/mol. The fourth-order valence-electron chi connectivity index (χ4n) is 2.03. The van der Waals surface area contributed by atoms with Gasteiger partial charge in [0, 0.05) is 18.3 Å². The molecule has 0 radical (unpaired) electrons. The maximum atomic E-state index is 13.6. The number of aliphatic carboxylic acids is 1. The minimum Gasteiger partial charge on any atom is -0.494 e. The third kappa shape index (κ3) is 3.72. The molecule has 2 aromatic carbocycles. The lowest BCUT2D eigenvalue weighted by atomic mass is 9.99. The zero-order chi connectivity index (χ0) is 15.2. The summed E-state index contributed by atoms with van der Waals surface area (Å²) in [6.45, 7) is 0.172. The van der Waals surface area contributed by atoms with Crippen molar-refractivity contribution in [3.05, 3.63) is 59.9 Å². The predicted octanol–water partition coefficient (Wildman–Crippen LogP) is 3.11. The van der Waals surface area contributed by atoms with Gasteiger partial charge in [-0.25, -0.2) is 4.39 Å². The third-order valence-corrected chi connectivity index (χ3v) is 3.16. The van der Waals surface area contributed by atoms with Gasteiger partial charge in [-0.3, -0.25) is 4.79 Å². The molecule has 4 nitrogen and oxygen atoms in total. The van der Waals surface area contributed by atoms with Gasteiger partial charge in [-0.1, -0.05) is 30.3 Å². The van der Waals surface area contributed by atoms with Crippen LogP contribution in [0.25, 0.3) is 0 Å². The molecule has 0 aliphatic rings. The summed E-state index contributed by atoms with van der Waals surface area (Å²) in [7, 11) is 1.39. The molecule has 0 saturated carbocycles. The van der Waals surface area contributed by atoms with E-state index in [1.807, 2.05) is 6.07 Å². The van der Waals surface area contributed by atoms with E-state index in [4.69, 9.17) is 4.74 Å². The lowest BCUT2D eigenvalue weighted by Gasteiger charge is -2.15. The van der Waals surface area contributed by atoms with Crippen LogP contribution < -0.4 is 10.1 Å². The van der Waals surface area contributed by atoms with E-state index in [1.165, 1.54) is 19.2 Å². The third-order valence-electron chi connectivity index (χ3n) is 3.16. The first-order chi connectivity index (χ1) is 10.1. The van der Waals surface area contributed by atoms with E-state index in [2.05, 4.69) is 5.32 Å². The van der Waals surface area contributed by atoms with Crippen LogP contribution in [0, 0.1) is 5.82 Å². The molecule has 0 amide bonds. The Bertz CT molecular complexity index is 616. The molecular weight excluding hydrogens is 273 g/mol. The van der Waals surface area contributed by atoms with Gasteiger partial charge in [-0.05, 0) is 17.7 Å². The van der Waals surface area contributed by atoms with Crippen LogP contribution in [0.4, 0.5) is 10.1 Å². The summed E-state index contributed by atoms with van der Waals surface area (Å²) in [5.41, 5.74) is 1.21. The fraction of sp³-hybridized carbons (Fsp3) is 0.188. The van der Waals surface area contributed by atoms with Crippen LogP contribution in [0.15, 0.2) is 48.5 Å². The fourth-order valence-corrected chi connectivity index (χ4v) is 2.03. The van der Waals surface area contributed by atoms with Crippen LogP contribution in [0.1, 0.15) is 11.5 Å². The second-order valence-electron chi connectivity index (χ2n) is 4.53. The number of benzene rings is 2. The van der Waals surface area contributed by atoms with Gasteiger partial charge in [0.15, 0.2) is 11.6 Å². The lowest BCUT2D eigenvalue weighted by molar-refractivity contribution is -0.138. The Kier molecular flexibility index (Phi) is 4.77. The van der Waals surface area contributed by atoms with Gasteiger partial charge >= 0.3 is 5.97 Å². The molecule has 0 fully saturated rings. The molecule has 21 heavy (non-hydrogen) atoms. The van der Waals surface area contributed by atoms with E-state index in [9.17, 15) is 14.3 Å². The van der Waals surface area contributed by atoms with Gasteiger partial charge in [0.25, 0.3) is 0 Å². The second kappa shape index (κ2) is 6.74. The number of methoxy groups -OCH3 is 1. The molecule has 2 aromatic rings. The average Bonchev–Trinajstić information content (AvgIpc) is 2.48. The Morgan fingerprint density at radius 3 is 2.57 bits per heavy atom. The summed E-state index contributed by atoms with van der Waals surface area (Å²) in [5, 5.41) is 12.2. The second-order valence-corrected chi connectivity index (χ2v) is 4.53. The van der Waals surface area contributed by atoms with Crippen molar-refractivity contribution in [3.8, 4) is 5.75 Å². The Labute approximate surface area is 122 Å². The van der Waals surface area contributed by atoms with Crippen LogP contribution in [-0.4, -0.2) is 24.7 Å². The highest BCUT2D eigenvalue weighted by molar-refractivity contribution is 5.77. The molecule has 110 valence electrons. The molecule has 0 aliphatic heterocycles. The van der Waals surface area contributed by atoms with E-state index >= 15 is 0 Å². The number of carboxylic acid groups (broad SMARTS) is 1. The van der Waals surface area contributed by atoms with Gasteiger partial charge in [0.2, 0.25) is 0 Å². The molecule has 0 spiro atoms. The van der Waals surface area contributed by atoms with Crippen LogP contribution in [-0.2, 0) is 4.79 Å². The normalized spacial score (nSPS) is 11.7. The van der Waals surface area contributed by atoms with Crippen molar-refractivity contribution in [2.45, 2.75) is 5.92 Å². The largest absolute Gasteiger partial charge is 0.494 e. The predicted molar refractivity (Wildman–Crippen MR) is 78.3 cm³/mol. The van der Waals surface area contributed by atoms with Gasteiger partial charge in [0.1, 0.15) is 0 Å². The van der Waals surface area contributed by atoms with Gasteiger partial charge < -0.3 is 15.2 Å². The molecule has 2 rings (SSSR count). The van der Waals surface area contributed by atoms with Crippen molar-refractivity contribution in [3.63, 3.8) is 0 Å². The summed E-state index contributed by atoms with van der Waals surface area (Å²) < 4.78 is 18.4. The minimum atomic E-state index is -0.928. The van der Waals surface area contributed by atoms with E-state index < -0.39 is 17.7 Å². The summed E-state index contributed by atoms with van der Waals surface area (Å²) in [6, 6.07) is 13.3. The standard InChI is InChI=1S/C16H16FNO3/c1-21-15-8-7-12(9-14(15)17)18-10-13(16(19)20)11-5-3-2-4-6-11/h2-9,13,18H,10H2,1H3,(H,19,20). The summed E-state index contributed by atoms with van der Waals surface area (Å²) >= 11 is 0. The highest BCUT2D eigenvalue weighted by atomic mass is 19.1. The molecule has 0 saturated heterocycles. The number of carbonyl (C=O) groups is 1. The molecule has 2 N–H and O–H groups in total. The van der Waals surface area contributed by atoms with Crippen LogP contribution in [0.3, 0.4) is 0 Å². The molecular formula is C16H16FNO3. The van der Waals surface area contributed by atoms with Crippen molar-refractivity contribution in [1.82, 2.24) is 0 Å². The first kappa shape index (κ1) is 14.8. The molecule has 0 aliphatic carbocycles. The smallest absolute Gasteiger partial charge is 0.312 e. The Morgan fingerprint density at radius 2 is 2.00 bits per heavy atom. The van der Waals surface area contributed by atoms with E-state index in [0.717, 1.165) is 0 Å². The molecule has 0 heterocycles. The number of nitrogens with one attached hydrogen (secondary N) is 1. The van der Waals surface area contributed by atoms with E-state index in [-0.39, 0.29) is 12.3 Å². The maximum Gasteiger partial charge on any atom is 0.312 e. The molecule has 1 unspecified atom stereocenters. The number of halogens is 1. The van der Waals surface area contributed by atoms with Crippen molar-refractivity contribution < 1.29 is 19.0 Å². The highest BCUT2D eigenvalue weighted by Gasteiger charge is 2.19. The average molecular weight is 289 g/mol. The number of carboxylic acids is 1. The summed E-state index contributed by atoms with van der Waals surface area (Å²) in [5.74, 6) is -1.97. The van der Waals surface area contributed by atoms with Crippen molar-refractivity contribution in [1.29, 1.82) is 0 Å². The van der Waals surface area contributed by atoms with Crippen molar-refractivity contribution >= 4 is 11.7 Å². The summed E-state index contributed by atoms with van der Waals surface area (Å²) in [4.78, 5) is 11.4. The van der Waals surface area contributed by atoms with E-state index in [0.29, 0.717) is 11.3 Å².